The van der Waals surface area contributed by atoms with Gasteiger partial charge in [-0.3, -0.25) is 0 Å². The summed E-state index contributed by atoms with van der Waals surface area (Å²) in [5.74, 6) is 1.40. The Bertz CT molecular complexity index is 582. The maximum atomic E-state index is 11.5. The zero-order valence-corrected chi connectivity index (χ0v) is 12.6. The number of nitrogens with zero attached hydrogens (tertiary/aromatic N) is 2. The molecule has 1 aliphatic carbocycles. The van der Waals surface area contributed by atoms with E-state index in [4.69, 9.17) is 0 Å². The molecule has 3 rings (SSSR count). The molecule has 2 heterocycles. The molecular formula is C14H21N3O2S. The summed E-state index contributed by atoms with van der Waals surface area (Å²) < 4.78 is 22.9. The monoisotopic (exact) mass is 295 g/mol. The summed E-state index contributed by atoms with van der Waals surface area (Å²) in [5.41, 5.74) is 2.32. The fourth-order valence-electron chi connectivity index (χ4n) is 2.53. The van der Waals surface area contributed by atoms with Gasteiger partial charge < -0.3 is 10.2 Å². The van der Waals surface area contributed by atoms with Crippen LogP contribution in [0.3, 0.4) is 0 Å². The van der Waals surface area contributed by atoms with Crippen molar-refractivity contribution in [2.75, 3.05) is 29.5 Å². The Balaban J connectivity index is 1.67. The normalized spacial score (nSPS) is 21.9. The van der Waals surface area contributed by atoms with E-state index in [9.17, 15) is 8.42 Å². The van der Waals surface area contributed by atoms with Crippen LogP contribution >= 0.6 is 0 Å². The third-order valence-corrected chi connectivity index (χ3v) is 5.53. The zero-order chi connectivity index (χ0) is 14.2. The van der Waals surface area contributed by atoms with Crippen LogP contribution in [0, 0.1) is 6.92 Å². The van der Waals surface area contributed by atoms with Crippen molar-refractivity contribution in [3.63, 3.8) is 0 Å². The zero-order valence-electron chi connectivity index (χ0n) is 11.8. The van der Waals surface area contributed by atoms with Gasteiger partial charge in [0, 0.05) is 31.9 Å². The van der Waals surface area contributed by atoms with Crippen LogP contribution < -0.4 is 10.2 Å². The lowest BCUT2D eigenvalue weighted by Gasteiger charge is -2.29. The van der Waals surface area contributed by atoms with Gasteiger partial charge in [-0.15, -0.1) is 0 Å². The maximum Gasteiger partial charge on any atom is 0.153 e. The van der Waals surface area contributed by atoms with Crippen molar-refractivity contribution in [3.8, 4) is 0 Å². The van der Waals surface area contributed by atoms with Gasteiger partial charge in [-0.1, -0.05) is 0 Å². The van der Waals surface area contributed by atoms with E-state index in [2.05, 4.69) is 21.3 Å². The molecule has 1 saturated carbocycles. The number of nitrogens with one attached hydrogen (secondary N) is 1. The molecule has 0 radical (unpaired) electrons. The minimum absolute atomic E-state index is 0.235. The Labute approximate surface area is 120 Å². The van der Waals surface area contributed by atoms with Crippen molar-refractivity contribution >= 4 is 15.7 Å². The van der Waals surface area contributed by atoms with Crippen molar-refractivity contribution < 1.29 is 8.42 Å². The Hall–Kier alpha value is -1.14. The van der Waals surface area contributed by atoms with Gasteiger partial charge >= 0.3 is 0 Å². The molecule has 110 valence electrons. The molecule has 0 aromatic carbocycles. The smallest absolute Gasteiger partial charge is 0.153 e. The fraction of sp³-hybridized carbons (Fsp3) is 0.643. The number of pyridine rings is 1. The summed E-state index contributed by atoms with van der Waals surface area (Å²) in [6, 6.07) is 2.85. The highest BCUT2D eigenvalue weighted by Crippen LogP contribution is 2.22. The van der Waals surface area contributed by atoms with Crippen molar-refractivity contribution in [1.82, 2.24) is 10.3 Å². The molecule has 20 heavy (non-hydrogen) atoms. The predicted molar refractivity (Wildman–Crippen MR) is 79.7 cm³/mol. The number of aryl methyl sites for hydroxylation is 1. The average molecular weight is 295 g/mol. The Kier molecular flexibility index (Phi) is 3.69. The fourth-order valence-corrected chi connectivity index (χ4v) is 3.73. The van der Waals surface area contributed by atoms with E-state index in [1.165, 1.54) is 18.4 Å². The van der Waals surface area contributed by atoms with Crippen molar-refractivity contribution in [3.05, 3.63) is 23.4 Å². The van der Waals surface area contributed by atoms with Gasteiger partial charge in [-0.05, 0) is 37.0 Å². The molecule has 1 N–H and O–H groups in total. The topological polar surface area (TPSA) is 62.3 Å². The summed E-state index contributed by atoms with van der Waals surface area (Å²) in [6.45, 7) is 4.02. The van der Waals surface area contributed by atoms with E-state index >= 15 is 0 Å². The molecule has 1 saturated heterocycles. The SMILES string of the molecule is Cc1cc(CNC2CC2)cnc1N1CCS(=O)(=O)CC1. The molecular weight excluding hydrogens is 274 g/mol. The van der Waals surface area contributed by atoms with Crippen LogP contribution in [-0.2, 0) is 16.4 Å². The minimum Gasteiger partial charge on any atom is -0.354 e. The lowest BCUT2D eigenvalue weighted by molar-refractivity contribution is 0.586. The first-order valence-corrected chi connectivity index (χ1v) is 9.00. The van der Waals surface area contributed by atoms with Crippen LogP contribution in [-0.4, -0.2) is 44.0 Å². The number of hydrogen-bond donors (Lipinski definition) is 1. The molecule has 0 atom stereocenters. The molecule has 6 heteroatoms. The number of rotatable bonds is 4. The second-order valence-corrected chi connectivity index (χ2v) is 8.08. The van der Waals surface area contributed by atoms with Gasteiger partial charge in [0.25, 0.3) is 0 Å². The summed E-state index contributed by atoms with van der Waals surface area (Å²) in [4.78, 5) is 6.62. The number of hydrogen-bond acceptors (Lipinski definition) is 5. The third-order valence-electron chi connectivity index (χ3n) is 3.92. The molecule has 2 fully saturated rings. The average Bonchev–Trinajstić information content (AvgIpc) is 3.21. The van der Waals surface area contributed by atoms with Crippen molar-refractivity contribution in [2.24, 2.45) is 0 Å². The van der Waals surface area contributed by atoms with Crippen LogP contribution in [0.2, 0.25) is 0 Å². The molecule has 0 amide bonds. The Morgan fingerprint density at radius 3 is 2.65 bits per heavy atom. The maximum absolute atomic E-state index is 11.5. The van der Waals surface area contributed by atoms with Crippen molar-refractivity contribution in [1.29, 1.82) is 0 Å². The van der Waals surface area contributed by atoms with Crippen LogP contribution in [0.5, 0.6) is 0 Å². The second kappa shape index (κ2) is 5.33. The first kappa shape index (κ1) is 13.8. The molecule has 5 nitrogen and oxygen atoms in total. The highest BCUT2D eigenvalue weighted by atomic mass is 32.2. The number of anilines is 1. The van der Waals surface area contributed by atoms with Crippen LogP contribution in [0.1, 0.15) is 24.0 Å². The summed E-state index contributed by atoms with van der Waals surface area (Å²) in [5, 5.41) is 3.48. The molecule has 2 aliphatic rings. The third kappa shape index (κ3) is 3.30. The van der Waals surface area contributed by atoms with E-state index < -0.39 is 9.84 Å². The van der Waals surface area contributed by atoms with Gasteiger partial charge in [-0.2, -0.15) is 0 Å². The van der Waals surface area contributed by atoms with E-state index in [0.29, 0.717) is 19.1 Å². The van der Waals surface area contributed by atoms with Gasteiger partial charge in [0.05, 0.1) is 11.5 Å². The van der Waals surface area contributed by atoms with Crippen LogP contribution in [0.15, 0.2) is 12.3 Å². The Morgan fingerprint density at radius 1 is 1.35 bits per heavy atom. The molecule has 0 unspecified atom stereocenters. The van der Waals surface area contributed by atoms with E-state index in [-0.39, 0.29) is 11.5 Å². The van der Waals surface area contributed by atoms with Gasteiger partial charge in [0.2, 0.25) is 0 Å². The van der Waals surface area contributed by atoms with Crippen LogP contribution in [0.25, 0.3) is 0 Å². The van der Waals surface area contributed by atoms with Crippen LogP contribution in [0.4, 0.5) is 5.82 Å². The van der Waals surface area contributed by atoms with Gasteiger partial charge in [0.15, 0.2) is 9.84 Å². The summed E-state index contributed by atoms with van der Waals surface area (Å²) >= 11 is 0. The first-order valence-electron chi connectivity index (χ1n) is 7.18. The molecule has 1 aromatic rings. The summed E-state index contributed by atoms with van der Waals surface area (Å²) in [6.07, 6.45) is 4.47. The minimum atomic E-state index is -2.84. The quantitative estimate of drug-likeness (QED) is 0.893. The van der Waals surface area contributed by atoms with E-state index in [0.717, 1.165) is 17.9 Å². The highest BCUT2D eigenvalue weighted by molar-refractivity contribution is 7.91. The Morgan fingerprint density at radius 2 is 2.05 bits per heavy atom. The summed E-state index contributed by atoms with van der Waals surface area (Å²) in [7, 11) is -2.84. The van der Waals surface area contributed by atoms with E-state index in [1.807, 2.05) is 13.1 Å². The second-order valence-electron chi connectivity index (χ2n) is 5.78. The highest BCUT2D eigenvalue weighted by Gasteiger charge is 2.24. The molecule has 1 aromatic heterocycles. The largest absolute Gasteiger partial charge is 0.354 e. The predicted octanol–water partition coefficient (Wildman–Crippen LogP) is 0.877. The lowest BCUT2D eigenvalue weighted by Crippen LogP contribution is -2.41. The number of sulfone groups is 1. The number of aromatic nitrogens is 1. The van der Waals surface area contributed by atoms with Crippen molar-refractivity contribution in [2.45, 2.75) is 32.4 Å². The molecule has 0 bridgehead atoms. The first-order chi connectivity index (χ1) is 9.53. The van der Waals surface area contributed by atoms with Gasteiger partial charge in [0.1, 0.15) is 5.82 Å². The molecule has 1 aliphatic heterocycles. The molecule has 0 spiro atoms. The van der Waals surface area contributed by atoms with E-state index in [1.54, 1.807) is 0 Å². The standard InChI is InChI=1S/C14H21N3O2S/c1-11-8-12(9-15-13-2-3-13)10-16-14(11)17-4-6-20(18,19)7-5-17/h8,10,13,15H,2-7,9H2,1H3. The van der Waals surface area contributed by atoms with Gasteiger partial charge in [-0.25, -0.2) is 13.4 Å². The lowest BCUT2D eigenvalue weighted by atomic mass is 10.2.